The maximum Gasteiger partial charge on any atom is 0.248 e. The second-order valence-corrected chi connectivity index (χ2v) is 10.1. The number of imidazole rings is 1. The number of nitrogens with zero attached hydrogens (tertiary/aromatic N) is 7. The molecule has 0 saturated carbocycles. The highest BCUT2D eigenvalue weighted by atomic mass is 19.1. The zero-order valence-electron chi connectivity index (χ0n) is 21.9. The molecule has 0 radical (unpaired) electrons. The van der Waals surface area contributed by atoms with Crippen LogP contribution in [0.3, 0.4) is 0 Å². The summed E-state index contributed by atoms with van der Waals surface area (Å²) >= 11 is 0. The van der Waals surface area contributed by atoms with Gasteiger partial charge in [0.05, 0.1) is 24.0 Å². The maximum atomic E-state index is 13.9. The zero-order chi connectivity index (χ0) is 26.9. The summed E-state index contributed by atoms with van der Waals surface area (Å²) in [4.78, 5) is 27.8. The van der Waals surface area contributed by atoms with Crippen LogP contribution >= 0.6 is 0 Å². The molecule has 1 aromatic carbocycles. The summed E-state index contributed by atoms with van der Waals surface area (Å²) in [5, 5.41) is 14.3. The molecule has 3 aromatic heterocycles. The lowest BCUT2D eigenvalue weighted by molar-refractivity contribution is -0.135. The van der Waals surface area contributed by atoms with Crippen LogP contribution in [0.25, 0.3) is 17.0 Å². The summed E-state index contributed by atoms with van der Waals surface area (Å²) in [7, 11) is 0. The number of carbonyl (C=O) groups is 1. The van der Waals surface area contributed by atoms with Gasteiger partial charge >= 0.3 is 0 Å². The van der Waals surface area contributed by atoms with E-state index in [4.69, 9.17) is 10.1 Å². The van der Waals surface area contributed by atoms with Crippen molar-refractivity contribution in [2.75, 3.05) is 42.6 Å². The lowest BCUT2D eigenvalue weighted by Gasteiger charge is -2.27. The third-order valence-corrected chi connectivity index (χ3v) is 7.85. The molecule has 0 aliphatic carbocycles. The van der Waals surface area contributed by atoms with Gasteiger partial charge in [-0.15, -0.1) is 5.10 Å². The molecule has 2 aliphatic heterocycles. The van der Waals surface area contributed by atoms with Gasteiger partial charge < -0.3 is 19.8 Å². The average molecular weight is 530 g/mol. The number of pyridine rings is 1. The third-order valence-electron chi connectivity index (χ3n) is 7.85. The number of aromatic nitrogens is 4. The SMILES string of the molecule is CCN(C(=O)CO)[C@@H]1CCN(c2cccc(-c3cnc4ccc(N5CCCC5c5cccc(F)c5)nn34)n2)C1. The Morgan fingerprint density at radius 3 is 2.79 bits per heavy atom. The molecule has 5 heterocycles. The minimum atomic E-state index is -0.470. The Bertz CT molecular complexity index is 1490. The molecule has 39 heavy (non-hydrogen) atoms. The molecule has 2 fully saturated rings. The number of amides is 1. The van der Waals surface area contributed by atoms with Crippen molar-refractivity contribution in [3.8, 4) is 11.4 Å². The van der Waals surface area contributed by atoms with E-state index in [1.807, 2.05) is 47.8 Å². The Morgan fingerprint density at radius 1 is 1.10 bits per heavy atom. The van der Waals surface area contributed by atoms with Crippen molar-refractivity contribution >= 4 is 23.2 Å². The fourth-order valence-electron chi connectivity index (χ4n) is 5.97. The van der Waals surface area contributed by atoms with Gasteiger partial charge in [-0.1, -0.05) is 18.2 Å². The highest BCUT2D eigenvalue weighted by Gasteiger charge is 2.31. The van der Waals surface area contributed by atoms with Crippen molar-refractivity contribution in [1.82, 2.24) is 24.5 Å². The second-order valence-electron chi connectivity index (χ2n) is 10.1. The first kappa shape index (κ1) is 25.2. The predicted octanol–water partition coefficient (Wildman–Crippen LogP) is 3.69. The lowest BCUT2D eigenvalue weighted by Crippen LogP contribution is -2.43. The summed E-state index contributed by atoms with van der Waals surface area (Å²) in [6, 6.07) is 16.8. The molecular formula is C29H32FN7O2. The quantitative estimate of drug-likeness (QED) is 0.391. The maximum absolute atomic E-state index is 13.9. The van der Waals surface area contributed by atoms with E-state index in [0.717, 1.165) is 66.6 Å². The smallest absolute Gasteiger partial charge is 0.248 e. The van der Waals surface area contributed by atoms with Crippen molar-refractivity contribution in [3.63, 3.8) is 0 Å². The topological polar surface area (TPSA) is 90.1 Å². The van der Waals surface area contributed by atoms with Crippen molar-refractivity contribution < 1.29 is 14.3 Å². The monoisotopic (exact) mass is 529 g/mol. The molecule has 2 atom stereocenters. The van der Waals surface area contributed by atoms with Gasteiger partial charge in [-0.25, -0.2) is 18.9 Å². The van der Waals surface area contributed by atoms with Crippen LogP contribution < -0.4 is 9.80 Å². The van der Waals surface area contributed by atoms with Crippen LogP contribution in [0.1, 0.15) is 37.8 Å². The minimum absolute atomic E-state index is 0.0478. The zero-order valence-corrected chi connectivity index (χ0v) is 21.9. The van der Waals surface area contributed by atoms with Gasteiger partial charge in [0.2, 0.25) is 5.91 Å². The standard InChI is InChI=1S/C29H32FN7O2/c1-2-35(29(39)19-38)22-13-15-34(18-22)27-10-4-8-23(32-27)25-17-31-26-11-12-28(33-37(25)26)36-14-5-9-24(36)20-6-3-7-21(30)16-20/h3-4,6-8,10-12,16-17,22,24,38H,2,5,9,13-15,18-19H2,1H3/t22-,24?/m1/s1. The summed E-state index contributed by atoms with van der Waals surface area (Å²) in [5.41, 5.74) is 3.23. The van der Waals surface area contributed by atoms with Crippen LogP contribution in [-0.2, 0) is 4.79 Å². The van der Waals surface area contributed by atoms with Crippen LogP contribution in [-0.4, -0.2) is 74.3 Å². The number of aliphatic hydroxyl groups excluding tert-OH is 1. The summed E-state index contributed by atoms with van der Waals surface area (Å²) in [6.07, 6.45) is 4.57. The highest BCUT2D eigenvalue weighted by molar-refractivity contribution is 5.77. The number of fused-ring (bicyclic) bond motifs is 1. The molecule has 6 rings (SSSR count). The van der Waals surface area contributed by atoms with Gasteiger partial charge in [0.25, 0.3) is 0 Å². The van der Waals surface area contributed by atoms with E-state index in [1.54, 1.807) is 23.2 Å². The first-order valence-electron chi connectivity index (χ1n) is 13.6. The molecule has 1 amide bonds. The first-order valence-corrected chi connectivity index (χ1v) is 13.6. The number of anilines is 2. The van der Waals surface area contributed by atoms with Crippen molar-refractivity contribution in [2.45, 2.75) is 38.3 Å². The number of hydrogen-bond donors (Lipinski definition) is 1. The van der Waals surface area contributed by atoms with Gasteiger partial charge in [-0.2, -0.15) is 0 Å². The molecule has 4 aromatic rings. The Labute approximate surface area is 226 Å². The number of likely N-dealkylation sites (N-methyl/N-ethyl adjacent to an activating group) is 1. The molecule has 202 valence electrons. The first-order chi connectivity index (χ1) is 19.1. The van der Waals surface area contributed by atoms with Gasteiger partial charge in [0.15, 0.2) is 5.65 Å². The van der Waals surface area contributed by atoms with Crippen molar-refractivity contribution in [3.05, 3.63) is 72.2 Å². The van der Waals surface area contributed by atoms with Crippen molar-refractivity contribution in [1.29, 1.82) is 0 Å². The van der Waals surface area contributed by atoms with Gasteiger partial charge in [-0.05, 0) is 68.1 Å². The molecule has 0 bridgehead atoms. The molecular weight excluding hydrogens is 497 g/mol. The fourth-order valence-corrected chi connectivity index (χ4v) is 5.97. The van der Waals surface area contributed by atoms with Crippen LogP contribution in [0, 0.1) is 5.82 Å². The molecule has 9 nitrogen and oxygen atoms in total. The number of aliphatic hydroxyl groups is 1. The van der Waals surface area contributed by atoms with E-state index in [-0.39, 0.29) is 23.8 Å². The van der Waals surface area contributed by atoms with E-state index in [9.17, 15) is 14.3 Å². The fraction of sp³-hybridized carbons (Fsp3) is 0.379. The van der Waals surface area contributed by atoms with Gasteiger partial charge in [0.1, 0.15) is 29.8 Å². The van der Waals surface area contributed by atoms with E-state index >= 15 is 0 Å². The van der Waals surface area contributed by atoms with Crippen LogP contribution in [0.15, 0.2) is 60.8 Å². The van der Waals surface area contributed by atoms with Gasteiger partial charge in [-0.3, -0.25) is 4.79 Å². The molecule has 2 aliphatic rings. The van der Waals surface area contributed by atoms with E-state index in [0.29, 0.717) is 13.1 Å². The largest absolute Gasteiger partial charge is 0.387 e. The normalized spacial score (nSPS) is 19.3. The summed E-state index contributed by atoms with van der Waals surface area (Å²) in [5.74, 6) is 1.19. The molecule has 0 spiro atoms. The Hall–Kier alpha value is -4.05. The van der Waals surface area contributed by atoms with Crippen LogP contribution in [0.4, 0.5) is 16.0 Å². The van der Waals surface area contributed by atoms with Crippen LogP contribution in [0.2, 0.25) is 0 Å². The minimum Gasteiger partial charge on any atom is -0.387 e. The Morgan fingerprint density at radius 2 is 1.97 bits per heavy atom. The number of benzene rings is 1. The highest BCUT2D eigenvalue weighted by Crippen LogP contribution is 2.36. The second kappa shape index (κ2) is 10.6. The third kappa shape index (κ3) is 4.80. The number of hydrogen-bond acceptors (Lipinski definition) is 7. The van der Waals surface area contributed by atoms with E-state index in [1.165, 1.54) is 6.07 Å². The molecule has 10 heteroatoms. The Balaban J connectivity index is 1.27. The average Bonchev–Trinajstić information content (AvgIpc) is 3.73. The number of carbonyl (C=O) groups excluding carboxylic acids is 1. The Kier molecular flexibility index (Phi) is 6.86. The predicted molar refractivity (Wildman–Crippen MR) is 147 cm³/mol. The van der Waals surface area contributed by atoms with Gasteiger partial charge in [0, 0.05) is 26.2 Å². The molecule has 1 unspecified atom stereocenters. The number of rotatable bonds is 7. The van der Waals surface area contributed by atoms with E-state index < -0.39 is 6.61 Å². The molecule has 2 saturated heterocycles. The summed E-state index contributed by atoms with van der Waals surface area (Å²) in [6.45, 7) is 4.33. The lowest BCUT2D eigenvalue weighted by atomic mass is 10.0. The van der Waals surface area contributed by atoms with Crippen molar-refractivity contribution in [2.24, 2.45) is 0 Å². The number of halogens is 1. The van der Waals surface area contributed by atoms with Crippen LogP contribution in [0.5, 0.6) is 0 Å². The molecule has 1 N–H and O–H groups in total. The summed E-state index contributed by atoms with van der Waals surface area (Å²) < 4.78 is 15.8. The van der Waals surface area contributed by atoms with E-state index in [2.05, 4.69) is 14.8 Å².